The van der Waals surface area contributed by atoms with Crippen molar-refractivity contribution in [3.63, 3.8) is 0 Å². The fourth-order valence-corrected chi connectivity index (χ4v) is 8.71. The van der Waals surface area contributed by atoms with Crippen LogP contribution in [0.15, 0.2) is 12.2 Å². The summed E-state index contributed by atoms with van der Waals surface area (Å²) in [6.45, 7) is 13.2. The number of nitrogens with one attached hydrogen (secondary N) is 6. The Morgan fingerprint density at radius 3 is 1.92 bits per heavy atom. The number of carbonyl (C=O) groups is 8. The topological polar surface area (TPSA) is 345 Å². The molecule has 2 aliphatic rings. The van der Waals surface area contributed by atoms with Gasteiger partial charge in [0.2, 0.25) is 29.5 Å². The van der Waals surface area contributed by atoms with Crippen LogP contribution in [0.1, 0.15) is 117 Å². The number of fused-ring (bicyclic) bond motifs is 1. The molecule has 1 aliphatic carbocycles. The lowest BCUT2D eigenvalue weighted by atomic mass is 9.82. The van der Waals surface area contributed by atoms with Gasteiger partial charge in [0.05, 0.1) is 45.7 Å². The van der Waals surface area contributed by atoms with Crippen LogP contribution in [0.2, 0.25) is 0 Å². The number of aromatic nitrogens is 4. The second-order valence-corrected chi connectivity index (χ2v) is 19.7. The van der Waals surface area contributed by atoms with Gasteiger partial charge in [-0.1, -0.05) is 27.2 Å². The Hall–Kier alpha value is -6.47. The van der Waals surface area contributed by atoms with Crippen molar-refractivity contribution < 1.29 is 57.3 Å². The molecule has 25 heteroatoms. The first kappa shape index (κ1) is 62.1. The predicted octanol–water partition coefficient (Wildman–Crippen LogP) is 1.30. The van der Waals surface area contributed by atoms with Crippen LogP contribution >= 0.6 is 0 Å². The predicted molar refractivity (Wildman–Crippen MR) is 281 cm³/mol. The van der Waals surface area contributed by atoms with Crippen LogP contribution in [0, 0.1) is 17.8 Å². The number of amides is 9. The van der Waals surface area contributed by atoms with Crippen LogP contribution in [0.3, 0.4) is 0 Å². The number of ether oxygens (including phenoxy) is 4. The zero-order chi connectivity index (χ0) is 55.4. The second-order valence-electron chi connectivity index (χ2n) is 19.7. The van der Waals surface area contributed by atoms with Crippen molar-refractivity contribution in [1.29, 1.82) is 0 Å². The molecular formula is C51H83N13O12. The molecule has 2 aromatic heterocycles. The first-order valence-electron chi connectivity index (χ1n) is 26.9. The van der Waals surface area contributed by atoms with Gasteiger partial charge in [-0.05, 0) is 83.0 Å². The molecule has 0 unspecified atom stereocenters. The fourth-order valence-electron chi connectivity index (χ4n) is 8.71. The number of unbranched alkanes of at least 4 members (excludes halogenated alkanes) is 1. The van der Waals surface area contributed by atoms with Gasteiger partial charge in [-0.2, -0.15) is 0 Å². The normalized spacial score (nSPS) is 16.2. The van der Waals surface area contributed by atoms with E-state index in [1.165, 1.54) is 12.2 Å². The van der Waals surface area contributed by atoms with Gasteiger partial charge in [-0.3, -0.25) is 38.5 Å². The zero-order valence-electron chi connectivity index (χ0n) is 45.1. The van der Waals surface area contributed by atoms with Crippen LogP contribution in [0.25, 0.3) is 11.0 Å². The molecule has 0 radical (unpaired) electrons. The van der Waals surface area contributed by atoms with Gasteiger partial charge in [0.1, 0.15) is 28.9 Å². The van der Waals surface area contributed by atoms with Crippen molar-refractivity contribution in [3.8, 4) is 5.88 Å². The Bertz CT molecular complexity index is 2230. The van der Waals surface area contributed by atoms with E-state index < -0.39 is 41.7 Å². The van der Waals surface area contributed by atoms with Crippen molar-refractivity contribution in [3.05, 3.63) is 18.0 Å². The summed E-state index contributed by atoms with van der Waals surface area (Å²) in [5.41, 5.74) is 12.9. The summed E-state index contributed by atoms with van der Waals surface area (Å²) in [5, 5.41) is 25.0. The Labute approximate surface area is 445 Å². The number of carbonyl (C=O) groups excluding carboxylic acids is 8. The van der Waals surface area contributed by atoms with Gasteiger partial charge >= 0.3 is 6.03 Å². The number of nitrogen functional groups attached to an aromatic ring is 1. The number of nitrogens with two attached hydrogens (primary N) is 2. The third-order valence-corrected chi connectivity index (χ3v) is 12.8. The van der Waals surface area contributed by atoms with Crippen molar-refractivity contribution >= 4 is 64.2 Å². The first-order chi connectivity index (χ1) is 36.5. The zero-order valence-corrected chi connectivity index (χ0v) is 45.1. The quantitative estimate of drug-likeness (QED) is 0.0349. The molecule has 10 N–H and O–H groups in total. The van der Waals surface area contributed by atoms with E-state index in [0.29, 0.717) is 56.7 Å². The van der Waals surface area contributed by atoms with Crippen molar-refractivity contribution in [2.75, 3.05) is 78.1 Å². The van der Waals surface area contributed by atoms with Crippen LogP contribution in [-0.2, 0) is 60.7 Å². The molecule has 3 heterocycles. The molecule has 2 aromatic rings. The minimum absolute atomic E-state index is 0.000190. The van der Waals surface area contributed by atoms with Crippen molar-refractivity contribution in [2.24, 2.45) is 23.5 Å². The van der Waals surface area contributed by atoms with E-state index in [4.69, 9.17) is 35.4 Å². The van der Waals surface area contributed by atoms with Crippen LogP contribution in [0.4, 0.5) is 10.6 Å². The Kier molecular flexibility index (Phi) is 27.4. The number of hydrogen-bond donors (Lipinski definition) is 8. The number of imidazole rings is 1. The summed E-state index contributed by atoms with van der Waals surface area (Å²) in [5.74, 6) is -0.827. The van der Waals surface area contributed by atoms with Gasteiger partial charge in [0.15, 0.2) is 5.82 Å². The van der Waals surface area contributed by atoms with Crippen LogP contribution in [-0.4, -0.2) is 163 Å². The third kappa shape index (κ3) is 22.0. The molecule has 424 valence electrons. The summed E-state index contributed by atoms with van der Waals surface area (Å²) in [6, 6.07) is -2.58. The minimum atomic E-state index is -0.950. The maximum atomic E-state index is 13.7. The van der Waals surface area contributed by atoms with E-state index in [9.17, 15) is 38.4 Å². The van der Waals surface area contributed by atoms with E-state index >= 15 is 0 Å². The highest BCUT2D eigenvalue weighted by molar-refractivity contribution is 6.13. The molecule has 2 atom stereocenters. The van der Waals surface area contributed by atoms with Gasteiger partial charge in [0.25, 0.3) is 17.7 Å². The molecule has 4 rings (SSSR count). The molecule has 76 heavy (non-hydrogen) atoms. The largest absolute Gasteiger partial charge is 0.472 e. The molecular weight excluding hydrogens is 987 g/mol. The first-order valence-corrected chi connectivity index (χ1v) is 26.9. The molecule has 0 bridgehead atoms. The molecule has 1 aliphatic heterocycles. The Morgan fingerprint density at radius 2 is 1.32 bits per heavy atom. The van der Waals surface area contributed by atoms with E-state index in [1.807, 2.05) is 13.8 Å². The van der Waals surface area contributed by atoms with Gasteiger partial charge in [-0.15, -0.1) is 10.2 Å². The van der Waals surface area contributed by atoms with E-state index in [1.54, 1.807) is 13.8 Å². The Morgan fingerprint density at radius 1 is 0.711 bits per heavy atom. The average molecular weight is 1070 g/mol. The number of imide groups is 1. The number of urea groups is 1. The van der Waals surface area contributed by atoms with Crippen LogP contribution < -0.4 is 48.1 Å². The van der Waals surface area contributed by atoms with Gasteiger partial charge in [0, 0.05) is 77.1 Å². The number of aryl methyl sites for hydroxylation is 1. The fraction of sp³-hybridized carbons (Fsp3) is 0.706. The second kappa shape index (κ2) is 33.5. The highest BCUT2D eigenvalue weighted by Crippen LogP contribution is 2.34. The van der Waals surface area contributed by atoms with Gasteiger partial charge < -0.3 is 66.9 Å². The minimum Gasteiger partial charge on any atom is -0.472 e. The SMILES string of the molecule is CCCCc1nc2c(N)nnc(OC(C)C)c2n1C[C@H]1CC[C@H](CNC(=O)[C@H](CCCNC(N)=O)NC(=O)[C@@H](NC(=O)CCCC(=O)NCCOCCOCCOCCNC(=O)CCN2C(=O)C=CC2=O)C(C)C)CC1. The highest BCUT2D eigenvalue weighted by Gasteiger charge is 2.31. The monoisotopic (exact) mass is 1070 g/mol. The molecule has 9 amide bonds. The maximum Gasteiger partial charge on any atom is 0.312 e. The summed E-state index contributed by atoms with van der Waals surface area (Å²) in [4.78, 5) is 105. The third-order valence-electron chi connectivity index (χ3n) is 12.8. The van der Waals surface area contributed by atoms with Crippen molar-refractivity contribution in [2.45, 2.75) is 143 Å². The molecule has 0 spiro atoms. The molecule has 1 fully saturated rings. The standard InChI is InChI=1S/C51H83N13O12/c1-6-7-11-38-59-45-46(50(76-34(4)5)62-61-47(45)52)64(38)32-36-16-14-35(15-17-36)31-57-48(70)37(10-9-21-56-51(53)72)58-49(71)44(33(2)3)60-41(67)13-8-12-39(65)54-22-25-73-27-29-75-30-28-74-26-23-55-40(66)20-24-63-42(68)18-19-43(63)69/h18-19,33-37,44H,6-17,20-32H2,1-5H3,(H2,52,61)(H,54,65)(H,55,66)(H,57,70)(H,58,71)(H,60,67)(H3,53,56,72)/t35-,36-,37-,44-/m0/s1. The van der Waals surface area contributed by atoms with Gasteiger partial charge in [-0.25, -0.2) is 9.78 Å². The highest BCUT2D eigenvalue weighted by atomic mass is 16.5. The summed E-state index contributed by atoms with van der Waals surface area (Å²) in [7, 11) is 0. The number of anilines is 1. The lowest BCUT2D eigenvalue weighted by Gasteiger charge is -2.30. The van der Waals surface area contributed by atoms with E-state index in [-0.39, 0.29) is 113 Å². The molecule has 25 nitrogen and oxygen atoms in total. The average Bonchev–Trinajstić information content (AvgIpc) is 3.91. The Balaban J connectivity index is 1.11. The van der Waals surface area contributed by atoms with Crippen molar-refractivity contribution in [1.82, 2.24) is 56.5 Å². The maximum absolute atomic E-state index is 13.7. The van der Waals surface area contributed by atoms with Crippen LogP contribution in [0.5, 0.6) is 5.88 Å². The number of rotatable bonds is 37. The number of primary amides is 1. The molecule has 0 aromatic carbocycles. The summed E-state index contributed by atoms with van der Waals surface area (Å²) < 4.78 is 24.6. The summed E-state index contributed by atoms with van der Waals surface area (Å²) in [6.07, 6.45) is 9.56. The number of nitrogens with zero attached hydrogens (tertiary/aromatic N) is 5. The number of hydrogen-bond acceptors (Lipinski definition) is 16. The molecule has 0 saturated heterocycles. The lowest BCUT2D eigenvalue weighted by molar-refractivity contribution is -0.137. The lowest BCUT2D eigenvalue weighted by Crippen LogP contribution is -2.55. The van der Waals surface area contributed by atoms with E-state index in [2.05, 4.69) is 53.6 Å². The summed E-state index contributed by atoms with van der Waals surface area (Å²) >= 11 is 0. The smallest absolute Gasteiger partial charge is 0.312 e. The van der Waals surface area contributed by atoms with E-state index in [0.717, 1.165) is 67.7 Å². The molecule has 1 saturated carbocycles.